The quantitative estimate of drug-likeness (QED) is 0.892. The first kappa shape index (κ1) is 17.0. The van der Waals surface area contributed by atoms with Crippen LogP contribution >= 0.6 is 0 Å². The number of carbonyl (C=O) groups is 2. The van der Waals surface area contributed by atoms with E-state index in [4.69, 9.17) is 19.0 Å². The Morgan fingerprint density at radius 2 is 2.08 bits per heavy atom. The molecule has 2 heterocycles. The van der Waals surface area contributed by atoms with Gasteiger partial charge >= 0.3 is 5.97 Å². The fraction of sp³-hybridized carbons (Fsp3) is 0.333. The van der Waals surface area contributed by atoms with Crippen LogP contribution in [0.15, 0.2) is 40.8 Å². The highest BCUT2D eigenvalue weighted by Gasteiger charge is 2.31. The van der Waals surface area contributed by atoms with Crippen molar-refractivity contribution in [3.05, 3.63) is 53.5 Å². The average Bonchev–Trinajstić information content (AvgIpc) is 3.01. The lowest BCUT2D eigenvalue weighted by Gasteiger charge is -2.30. The molecule has 1 aromatic heterocycles. The molecule has 1 saturated heterocycles. The summed E-state index contributed by atoms with van der Waals surface area (Å²) in [6.07, 6.45) is -1.00. The first-order valence-corrected chi connectivity index (χ1v) is 7.95. The van der Waals surface area contributed by atoms with Crippen molar-refractivity contribution in [3.63, 3.8) is 0 Å². The van der Waals surface area contributed by atoms with Crippen LogP contribution in [0.4, 0.5) is 0 Å². The predicted molar refractivity (Wildman–Crippen MR) is 87.5 cm³/mol. The molecule has 1 aromatic carbocycles. The van der Waals surface area contributed by atoms with E-state index in [1.807, 2.05) is 30.3 Å². The maximum Gasteiger partial charge on any atom is 0.334 e. The van der Waals surface area contributed by atoms with Crippen molar-refractivity contribution in [1.29, 1.82) is 0 Å². The molecule has 25 heavy (non-hydrogen) atoms. The number of amides is 1. The van der Waals surface area contributed by atoms with Gasteiger partial charge in [-0.05, 0) is 25.1 Å². The van der Waals surface area contributed by atoms with Gasteiger partial charge in [-0.3, -0.25) is 4.79 Å². The highest BCUT2D eigenvalue weighted by atomic mass is 16.5. The van der Waals surface area contributed by atoms with Crippen LogP contribution in [-0.4, -0.2) is 47.7 Å². The van der Waals surface area contributed by atoms with Gasteiger partial charge in [0, 0.05) is 12.1 Å². The molecule has 0 bridgehead atoms. The van der Waals surface area contributed by atoms with E-state index in [9.17, 15) is 9.59 Å². The number of ether oxygens (including phenoxy) is 2. The van der Waals surface area contributed by atoms with Gasteiger partial charge in [-0.1, -0.05) is 18.2 Å². The Morgan fingerprint density at radius 1 is 1.32 bits per heavy atom. The Hall–Kier alpha value is -2.80. The number of carbonyl (C=O) groups excluding carboxylic acids is 1. The summed E-state index contributed by atoms with van der Waals surface area (Å²) in [6, 6.07) is 11.0. The number of para-hydroxylation sites is 1. The Morgan fingerprint density at radius 3 is 2.80 bits per heavy atom. The third kappa shape index (κ3) is 4.00. The lowest BCUT2D eigenvalue weighted by Crippen LogP contribution is -2.48. The van der Waals surface area contributed by atoms with E-state index in [-0.39, 0.29) is 31.4 Å². The van der Waals surface area contributed by atoms with Crippen LogP contribution < -0.4 is 4.74 Å². The van der Waals surface area contributed by atoms with Gasteiger partial charge in [-0.2, -0.15) is 0 Å². The van der Waals surface area contributed by atoms with Crippen LogP contribution in [0.3, 0.4) is 0 Å². The molecule has 7 nitrogen and oxygen atoms in total. The summed E-state index contributed by atoms with van der Waals surface area (Å²) in [5.74, 6) is 0.0830. The van der Waals surface area contributed by atoms with Gasteiger partial charge in [0.1, 0.15) is 18.1 Å². The number of benzene rings is 1. The Bertz CT molecular complexity index is 754. The number of carboxylic acids is 1. The van der Waals surface area contributed by atoms with Crippen molar-refractivity contribution in [3.8, 4) is 5.75 Å². The van der Waals surface area contributed by atoms with Crippen LogP contribution in [0.25, 0.3) is 0 Å². The maximum absolute atomic E-state index is 12.6. The van der Waals surface area contributed by atoms with E-state index in [2.05, 4.69) is 0 Å². The molecule has 7 heteroatoms. The van der Waals surface area contributed by atoms with Crippen molar-refractivity contribution in [2.24, 2.45) is 0 Å². The summed E-state index contributed by atoms with van der Waals surface area (Å²) in [7, 11) is 0. The molecular weight excluding hydrogens is 326 g/mol. The summed E-state index contributed by atoms with van der Waals surface area (Å²) in [5, 5.41) is 9.03. The summed E-state index contributed by atoms with van der Waals surface area (Å²) in [4.78, 5) is 25.0. The van der Waals surface area contributed by atoms with Gasteiger partial charge in [-0.25, -0.2) is 4.79 Å². The largest absolute Gasteiger partial charge is 0.489 e. The number of carboxylic acid groups (broad SMARTS) is 1. The highest BCUT2D eigenvalue weighted by Crippen LogP contribution is 2.20. The minimum atomic E-state index is -1.08. The van der Waals surface area contributed by atoms with Crippen molar-refractivity contribution in [2.45, 2.75) is 19.6 Å². The first-order valence-electron chi connectivity index (χ1n) is 7.95. The smallest absolute Gasteiger partial charge is 0.334 e. The minimum absolute atomic E-state index is 0.00373. The van der Waals surface area contributed by atoms with Gasteiger partial charge in [-0.15, -0.1) is 0 Å². The second kappa shape index (κ2) is 7.40. The van der Waals surface area contributed by atoms with E-state index in [0.29, 0.717) is 12.3 Å². The molecule has 2 aromatic rings. The number of aliphatic carboxylic acids is 1. The first-order chi connectivity index (χ1) is 12.0. The molecule has 1 aliphatic rings. The van der Waals surface area contributed by atoms with Gasteiger partial charge in [0.05, 0.1) is 13.2 Å². The Kier molecular flexibility index (Phi) is 5.04. The molecule has 0 saturated carbocycles. The van der Waals surface area contributed by atoms with Crippen LogP contribution in [-0.2, 0) is 16.1 Å². The maximum atomic E-state index is 12.6. The second-order valence-corrected chi connectivity index (χ2v) is 5.74. The van der Waals surface area contributed by atoms with Crippen molar-refractivity contribution < 1.29 is 28.6 Å². The van der Waals surface area contributed by atoms with Crippen LogP contribution in [0.2, 0.25) is 0 Å². The van der Waals surface area contributed by atoms with E-state index in [1.54, 1.807) is 13.0 Å². The SMILES string of the molecule is Cc1oc(C(=O)N2CCO[C@@H](C(=O)O)C2)cc1COc1ccccc1. The van der Waals surface area contributed by atoms with E-state index in [1.165, 1.54) is 4.90 Å². The number of rotatable bonds is 5. The van der Waals surface area contributed by atoms with E-state index < -0.39 is 12.1 Å². The van der Waals surface area contributed by atoms with Crippen LogP contribution in [0.1, 0.15) is 21.9 Å². The zero-order chi connectivity index (χ0) is 17.8. The monoisotopic (exact) mass is 345 g/mol. The average molecular weight is 345 g/mol. The standard InChI is InChI=1S/C18H19NO6/c1-12-13(11-24-14-5-3-2-4-6-14)9-15(25-12)17(20)19-7-8-23-16(10-19)18(21)22/h2-6,9,16H,7-8,10-11H2,1H3,(H,21,22)/t16-/m1/s1. The van der Waals surface area contributed by atoms with E-state index in [0.717, 1.165) is 11.3 Å². The number of hydrogen-bond acceptors (Lipinski definition) is 5. The molecule has 0 radical (unpaired) electrons. The van der Waals surface area contributed by atoms with Gasteiger partial charge in [0.25, 0.3) is 5.91 Å². The minimum Gasteiger partial charge on any atom is -0.489 e. The zero-order valence-corrected chi connectivity index (χ0v) is 13.8. The molecule has 1 amide bonds. The summed E-state index contributed by atoms with van der Waals surface area (Å²) in [6.45, 7) is 2.57. The lowest BCUT2D eigenvalue weighted by molar-refractivity contribution is -0.154. The normalized spacial score (nSPS) is 17.3. The zero-order valence-electron chi connectivity index (χ0n) is 13.8. The molecule has 0 spiro atoms. The Labute approximate surface area is 144 Å². The molecule has 1 atom stereocenters. The number of furan rings is 1. The van der Waals surface area contributed by atoms with Gasteiger partial charge in [0.2, 0.25) is 0 Å². The molecule has 132 valence electrons. The number of hydrogen-bond donors (Lipinski definition) is 1. The summed E-state index contributed by atoms with van der Waals surface area (Å²) >= 11 is 0. The second-order valence-electron chi connectivity index (χ2n) is 5.74. The van der Waals surface area contributed by atoms with Gasteiger partial charge < -0.3 is 23.9 Å². The third-order valence-corrected chi connectivity index (χ3v) is 4.00. The third-order valence-electron chi connectivity index (χ3n) is 4.00. The number of aryl methyl sites for hydroxylation is 1. The molecular formula is C18H19NO6. The Balaban J connectivity index is 1.66. The predicted octanol–water partition coefficient (Wildman–Crippen LogP) is 2.09. The van der Waals surface area contributed by atoms with Crippen LogP contribution in [0, 0.1) is 6.92 Å². The number of nitrogens with zero attached hydrogens (tertiary/aromatic N) is 1. The summed E-state index contributed by atoms with van der Waals surface area (Å²) < 4.78 is 16.4. The number of morpholine rings is 1. The lowest BCUT2D eigenvalue weighted by atomic mass is 10.2. The van der Waals surface area contributed by atoms with Crippen molar-refractivity contribution in [2.75, 3.05) is 19.7 Å². The molecule has 3 rings (SSSR count). The molecule has 1 N–H and O–H groups in total. The van der Waals surface area contributed by atoms with Crippen molar-refractivity contribution in [1.82, 2.24) is 4.90 Å². The topological polar surface area (TPSA) is 89.2 Å². The van der Waals surface area contributed by atoms with Crippen molar-refractivity contribution >= 4 is 11.9 Å². The summed E-state index contributed by atoms with van der Waals surface area (Å²) in [5.41, 5.74) is 0.773. The molecule has 1 aliphatic heterocycles. The molecule has 0 aliphatic carbocycles. The molecule has 1 fully saturated rings. The van der Waals surface area contributed by atoms with Crippen LogP contribution in [0.5, 0.6) is 5.75 Å². The van der Waals surface area contributed by atoms with Gasteiger partial charge in [0.15, 0.2) is 11.9 Å². The highest BCUT2D eigenvalue weighted by molar-refractivity contribution is 5.92. The fourth-order valence-electron chi connectivity index (χ4n) is 2.59. The fourth-order valence-corrected chi connectivity index (χ4v) is 2.59. The molecule has 0 unspecified atom stereocenters. The van der Waals surface area contributed by atoms with E-state index >= 15 is 0 Å².